The van der Waals surface area contributed by atoms with Crippen LogP contribution in [0.4, 0.5) is 0 Å². The second kappa shape index (κ2) is 10.6. The molecule has 158 valence electrons. The number of morpholine rings is 1. The number of aliphatic imine (C=N–C) groups is 1. The van der Waals surface area contributed by atoms with Gasteiger partial charge in [0, 0.05) is 51.4 Å². The van der Waals surface area contributed by atoms with Crippen LogP contribution in [0.15, 0.2) is 4.99 Å². The molecule has 1 saturated carbocycles. The molecule has 0 aromatic carbocycles. The Kier molecular flexibility index (Phi) is 9.09. The van der Waals surface area contributed by atoms with Gasteiger partial charge in [0.15, 0.2) is 5.96 Å². The maximum absolute atomic E-state index is 5.51. The van der Waals surface area contributed by atoms with Gasteiger partial charge in [-0.2, -0.15) is 0 Å². The minimum atomic E-state index is 0. The van der Waals surface area contributed by atoms with Crippen LogP contribution in [0.2, 0.25) is 0 Å². The van der Waals surface area contributed by atoms with Gasteiger partial charge in [-0.15, -0.1) is 24.0 Å². The molecule has 3 unspecified atom stereocenters. The van der Waals surface area contributed by atoms with E-state index in [0.717, 1.165) is 57.8 Å². The van der Waals surface area contributed by atoms with Crippen molar-refractivity contribution in [2.45, 2.75) is 50.6 Å². The Morgan fingerprint density at radius 1 is 1.22 bits per heavy atom. The zero-order chi connectivity index (χ0) is 18.6. The third kappa shape index (κ3) is 5.70. The summed E-state index contributed by atoms with van der Waals surface area (Å²) in [7, 11) is 6.41. The zero-order valence-electron chi connectivity index (χ0n) is 17.7. The number of hydrogen-bond acceptors (Lipinski definition) is 4. The van der Waals surface area contributed by atoms with E-state index in [1.54, 1.807) is 0 Å². The van der Waals surface area contributed by atoms with Gasteiger partial charge in [0.25, 0.3) is 0 Å². The summed E-state index contributed by atoms with van der Waals surface area (Å²) < 4.78 is 5.51. The second-order valence-electron chi connectivity index (χ2n) is 8.76. The molecule has 6 nitrogen and oxygen atoms in total. The number of hydrogen-bond donors (Lipinski definition) is 1. The minimum absolute atomic E-state index is 0. The summed E-state index contributed by atoms with van der Waals surface area (Å²) in [5, 5.41) is 3.74. The summed E-state index contributed by atoms with van der Waals surface area (Å²) >= 11 is 0. The number of halogens is 1. The van der Waals surface area contributed by atoms with Crippen LogP contribution < -0.4 is 5.32 Å². The molecule has 2 aliphatic heterocycles. The van der Waals surface area contributed by atoms with Gasteiger partial charge >= 0.3 is 0 Å². The Morgan fingerprint density at radius 2 is 1.96 bits per heavy atom. The van der Waals surface area contributed by atoms with Crippen LogP contribution in [-0.4, -0.2) is 99.3 Å². The molecule has 3 rings (SSSR count). The van der Waals surface area contributed by atoms with Gasteiger partial charge in [0.1, 0.15) is 0 Å². The molecule has 0 radical (unpaired) electrons. The highest BCUT2D eigenvalue weighted by atomic mass is 127. The highest BCUT2D eigenvalue weighted by molar-refractivity contribution is 14.0. The quantitative estimate of drug-likeness (QED) is 0.369. The SMILES string of the molecule is CN=C(NCC1(N(C)C)CCCC(C)C1)N1CCC(N2CCOCC2)C1.I. The van der Waals surface area contributed by atoms with Crippen molar-refractivity contribution in [3.63, 3.8) is 0 Å². The molecule has 2 heterocycles. The average molecular weight is 493 g/mol. The van der Waals surface area contributed by atoms with Crippen molar-refractivity contribution in [3.8, 4) is 0 Å². The minimum Gasteiger partial charge on any atom is -0.379 e. The Morgan fingerprint density at radius 3 is 2.59 bits per heavy atom. The molecule has 7 heteroatoms. The number of guanidine groups is 1. The summed E-state index contributed by atoms with van der Waals surface area (Å²) in [6.07, 6.45) is 6.50. The lowest BCUT2D eigenvalue weighted by Gasteiger charge is -2.45. The highest BCUT2D eigenvalue weighted by Crippen LogP contribution is 2.35. The first-order valence-corrected chi connectivity index (χ1v) is 10.5. The number of ether oxygens (including phenoxy) is 1. The predicted molar refractivity (Wildman–Crippen MR) is 123 cm³/mol. The van der Waals surface area contributed by atoms with E-state index in [9.17, 15) is 0 Å². The van der Waals surface area contributed by atoms with Crippen molar-refractivity contribution in [1.29, 1.82) is 0 Å². The fourth-order valence-corrected chi connectivity index (χ4v) is 5.11. The zero-order valence-corrected chi connectivity index (χ0v) is 20.1. The first kappa shape index (κ1) is 23.2. The normalized spacial score (nSPS) is 33.2. The maximum Gasteiger partial charge on any atom is 0.193 e. The van der Waals surface area contributed by atoms with E-state index in [1.165, 1.54) is 32.1 Å². The molecular formula is C20H40IN5O. The lowest BCUT2D eigenvalue weighted by Crippen LogP contribution is -2.57. The summed E-state index contributed by atoms with van der Waals surface area (Å²) in [6.45, 7) is 9.51. The monoisotopic (exact) mass is 493 g/mol. The number of nitrogens with zero attached hydrogens (tertiary/aromatic N) is 4. The molecule has 27 heavy (non-hydrogen) atoms. The van der Waals surface area contributed by atoms with Crippen molar-refractivity contribution in [3.05, 3.63) is 0 Å². The average Bonchev–Trinajstić information content (AvgIpc) is 3.13. The molecule has 3 fully saturated rings. The van der Waals surface area contributed by atoms with E-state index in [-0.39, 0.29) is 29.5 Å². The van der Waals surface area contributed by atoms with E-state index in [1.807, 2.05) is 7.05 Å². The summed E-state index contributed by atoms with van der Waals surface area (Å²) in [6, 6.07) is 0.648. The summed E-state index contributed by atoms with van der Waals surface area (Å²) in [5.41, 5.74) is 0.261. The van der Waals surface area contributed by atoms with Crippen LogP contribution in [-0.2, 0) is 4.74 Å². The van der Waals surface area contributed by atoms with Gasteiger partial charge in [-0.05, 0) is 39.3 Å². The van der Waals surface area contributed by atoms with Gasteiger partial charge in [-0.3, -0.25) is 9.89 Å². The summed E-state index contributed by atoms with van der Waals surface area (Å²) in [5.74, 6) is 1.90. The molecule has 1 aliphatic carbocycles. The third-order valence-electron chi connectivity index (χ3n) is 6.83. The Bertz CT molecular complexity index is 483. The van der Waals surface area contributed by atoms with E-state index < -0.39 is 0 Å². The van der Waals surface area contributed by atoms with Gasteiger partial charge in [0.2, 0.25) is 0 Å². The topological polar surface area (TPSA) is 43.3 Å². The molecule has 3 atom stereocenters. The third-order valence-corrected chi connectivity index (χ3v) is 6.83. The molecule has 1 N–H and O–H groups in total. The molecular weight excluding hydrogens is 453 g/mol. The highest BCUT2D eigenvalue weighted by Gasteiger charge is 2.38. The van der Waals surface area contributed by atoms with Gasteiger partial charge in [-0.25, -0.2) is 0 Å². The molecule has 0 amide bonds. The first-order valence-electron chi connectivity index (χ1n) is 10.5. The standard InChI is InChI=1S/C20H39N5O.HI/c1-17-6-5-8-20(14-17,23(3)4)16-22-19(21-2)25-9-7-18(15-25)24-10-12-26-13-11-24;/h17-18H,5-16H2,1-4H3,(H,21,22);1H. The second-order valence-corrected chi connectivity index (χ2v) is 8.76. The van der Waals surface area contributed by atoms with E-state index >= 15 is 0 Å². The summed E-state index contributed by atoms with van der Waals surface area (Å²) in [4.78, 5) is 12.1. The van der Waals surface area contributed by atoms with Crippen LogP contribution in [0.5, 0.6) is 0 Å². The lowest BCUT2D eigenvalue weighted by atomic mass is 9.75. The number of likely N-dealkylation sites (tertiary alicyclic amines) is 1. The van der Waals surface area contributed by atoms with Crippen LogP contribution in [0.25, 0.3) is 0 Å². The van der Waals surface area contributed by atoms with Gasteiger partial charge < -0.3 is 19.9 Å². The number of nitrogens with one attached hydrogen (secondary N) is 1. The molecule has 0 bridgehead atoms. The molecule has 0 aromatic rings. The predicted octanol–water partition coefficient (Wildman–Crippen LogP) is 2.10. The fourth-order valence-electron chi connectivity index (χ4n) is 5.11. The number of rotatable bonds is 4. The largest absolute Gasteiger partial charge is 0.379 e. The van der Waals surface area contributed by atoms with Crippen LogP contribution in [0, 0.1) is 5.92 Å². The maximum atomic E-state index is 5.51. The van der Waals surface area contributed by atoms with Crippen molar-refractivity contribution in [1.82, 2.24) is 20.0 Å². The van der Waals surface area contributed by atoms with E-state index in [2.05, 4.69) is 46.0 Å². The Labute approximate surface area is 183 Å². The Balaban J connectivity index is 0.00000261. The fraction of sp³-hybridized carbons (Fsp3) is 0.950. The number of likely N-dealkylation sites (N-methyl/N-ethyl adjacent to an activating group) is 1. The van der Waals surface area contributed by atoms with Crippen molar-refractivity contribution in [2.24, 2.45) is 10.9 Å². The molecule has 0 spiro atoms. The van der Waals surface area contributed by atoms with Crippen LogP contribution >= 0.6 is 24.0 Å². The van der Waals surface area contributed by atoms with Gasteiger partial charge in [-0.1, -0.05) is 19.8 Å². The van der Waals surface area contributed by atoms with Crippen molar-refractivity contribution in [2.75, 3.05) is 67.1 Å². The van der Waals surface area contributed by atoms with Crippen LogP contribution in [0.1, 0.15) is 39.0 Å². The molecule has 0 aromatic heterocycles. The lowest BCUT2D eigenvalue weighted by molar-refractivity contribution is 0.0194. The molecule has 3 aliphatic rings. The van der Waals surface area contributed by atoms with E-state index in [4.69, 9.17) is 4.74 Å². The van der Waals surface area contributed by atoms with Crippen molar-refractivity contribution < 1.29 is 4.74 Å². The smallest absolute Gasteiger partial charge is 0.193 e. The Hall–Kier alpha value is -0.120. The van der Waals surface area contributed by atoms with Crippen molar-refractivity contribution >= 4 is 29.9 Å². The van der Waals surface area contributed by atoms with Crippen LogP contribution in [0.3, 0.4) is 0 Å². The van der Waals surface area contributed by atoms with Gasteiger partial charge in [0.05, 0.1) is 13.2 Å². The first-order chi connectivity index (χ1) is 12.5. The van der Waals surface area contributed by atoms with E-state index in [0.29, 0.717) is 6.04 Å². The molecule has 2 saturated heterocycles.